The van der Waals surface area contributed by atoms with Crippen molar-refractivity contribution in [3.8, 4) is 0 Å². The lowest BCUT2D eigenvalue weighted by molar-refractivity contribution is 0.0600. The Morgan fingerprint density at radius 2 is 1.11 bits per heavy atom. The fraction of sp³-hybridized carbons (Fsp3) is 0.458. The van der Waals surface area contributed by atoms with Gasteiger partial charge in [-0.3, -0.25) is 19.0 Å². The average molecular weight is 1110 g/mol. The number of hydrogen-bond donors (Lipinski definition) is 3. The van der Waals surface area contributed by atoms with Crippen LogP contribution in [-0.2, 0) is 20.0 Å². The zero-order valence-electron chi connectivity index (χ0n) is 40.9. The number of hydrogen-bond acceptors (Lipinski definition) is 12. The van der Waals surface area contributed by atoms with Crippen molar-refractivity contribution in [1.82, 2.24) is 44.3 Å². The maximum atomic E-state index is 13.7. The van der Waals surface area contributed by atoms with Crippen LogP contribution in [0, 0.1) is 13.8 Å². The molecule has 24 heteroatoms. The molecular formula is C48H60Cl4N12O6S2. The molecule has 4 aromatic heterocycles. The highest BCUT2D eigenvalue weighted by Crippen LogP contribution is 2.37. The van der Waals surface area contributed by atoms with Gasteiger partial charge in [-0.25, -0.2) is 35.8 Å². The molecule has 3 N–H and O–H groups in total. The van der Waals surface area contributed by atoms with Gasteiger partial charge in [-0.2, -0.15) is 10.2 Å². The molecule has 4 aliphatic heterocycles. The zero-order valence-corrected chi connectivity index (χ0v) is 45.6. The number of nitrogens with zero attached hydrogens (tertiary/aromatic N) is 9. The van der Waals surface area contributed by atoms with Gasteiger partial charge in [-0.1, -0.05) is 34.8 Å². The van der Waals surface area contributed by atoms with E-state index in [4.69, 9.17) is 44.9 Å². The lowest BCUT2D eigenvalue weighted by Crippen LogP contribution is -2.46. The molecule has 388 valence electrons. The normalized spacial score (nSPS) is 20.0. The van der Waals surface area contributed by atoms with Crippen molar-refractivity contribution < 1.29 is 26.4 Å². The summed E-state index contributed by atoms with van der Waals surface area (Å²) < 4.78 is 55.6. The molecule has 8 heterocycles. The lowest BCUT2D eigenvalue weighted by atomic mass is 9.98. The van der Waals surface area contributed by atoms with E-state index in [2.05, 4.69) is 43.6 Å². The largest absolute Gasteiger partial charge is 0.353 e. The summed E-state index contributed by atoms with van der Waals surface area (Å²) >= 11 is 18.4. The molecule has 0 bridgehead atoms. The van der Waals surface area contributed by atoms with Crippen LogP contribution >= 0.6 is 47.2 Å². The van der Waals surface area contributed by atoms with Gasteiger partial charge in [-0.05, 0) is 122 Å². The lowest BCUT2D eigenvalue weighted by Gasteiger charge is -2.40. The van der Waals surface area contributed by atoms with E-state index in [1.165, 1.54) is 37.2 Å². The first kappa shape index (κ1) is 54.8. The molecule has 10 rings (SSSR count). The summed E-state index contributed by atoms with van der Waals surface area (Å²) in [5.74, 6) is 0.395. The van der Waals surface area contributed by atoms with Gasteiger partial charge in [0.2, 0.25) is 20.0 Å². The minimum absolute atomic E-state index is 0. The fourth-order valence-electron chi connectivity index (χ4n) is 9.14. The van der Waals surface area contributed by atoms with Crippen molar-refractivity contribution >= 4 is 108 Å². The predicted molar refractivity (Wildman–Crippen MR) is 286 cm³/mol. The maximum absolute atomic E-state index is 13.7. The van der Waals surface area contributed by atoms with Crippen molar-refractivity contribution in [3.05, 3.63) is 110 Å². The highest BCUT2D eigenvalue weighted by Gasteiger charge is 2.35. The number of nitrogens with one attached hydrogen (secondary N) is 3. The van der Waals surface area contributed by atoms with Crippen LogP contribution in [0.25, 0.3) is 11.3 Å². The molecule has 4 aliphatic rings. The number of piperidine rings is 2. The Morgan fingerprint density at radius 1 is 0.653 bits per heavy atom. The zero-order chi connectivity index (χ0) is 50.9. The highest BCUT2D eigenvalue weighted by atomic mass is 35.5. The van der Waals surface area contributed by atoms with Crippen molar-refractivity contribution in [2.45, 2.75) is 103 Å². The van der Waals surface area contributed by atoms with E-state index < -0.39 is 20.0 Å². The van der Waals surface area contributed by atoms with Gasteiger partial charge in [0.15, 0.2) is 11.3 Å². The standard InChI is InChI=1S/C24H29ClN6O3S.C20H21Cl2N5O3S.C4H9N.ClH/c1-15-14-31-22(26-23(15)29-11-9-16(29)2)13-20(27-31)21-6-4-5-10-30(21)24(32)18-12-17(25)7-8-19(18)28-35(3,33)34;1-12-11-27-18(23-19(12)22)10-16(24-27)17-5-3-4-8-26(17)20(28)14-9-13(21)6-7-15(14)25-31(2,29)30;1-4-2-3-5-4;/h7-8,12-14,16,21,28H,4-6,9-11H2,1-3H3;6-7,9-11,17,25H,3-5,8H2,1-2H3;4-5H,2-3H2,1H3;1H/t16?,21-;17-;;/m00../s1. The number of likely N-dealkylation sites (tertiary alicyclic amines) is 2. The second-order valence-corrected chi connectivity index (χ2v) is 23.6. The van der Waals surface area contributed by atoms with Gasteiger partial charge in [0.1, 0.15) is 11.0 Å². The van der Waals surface area contributed by atoms with Crippen molar-refractivity contribution in [2.75, 3.05) is 53.0 Å². The Bertz CT molecular complexity index is 3170. The number of aryl methyl sites for hydroxylation is 2. The van der Waals surface area contributed by atoms with E-state index in [9.17, 15) is 26.4 Å². The quantitative estimate of drug-likeness (QED) is 0.116. The van der Waals surface area contributed by atoms with Crippen LogP contribution in [0.2, 0.25) is 15.2 Å². The van der Waals surface area contributed by atoms with Crippen molar-refractivity contribution in [2.24, 2.45) is 0 Å². The molecule has 4 saturated heterocycles. The van der Waals surface area contributed by atoms with Gasteiger partial charge in [0, 0.05) is 77.4 Å². The number of fused-ring (bicyclic) bond motifs is 2. The van der Waals surface area contributed by atoms with E-state index in [1.807, 2.05) is 32.2 Å². The van der Waals surface area contributed by atoms with Gasteiger partial charge in [0.25, 0.3) is 11.8 Å². The van der Waals surface area contributed by atoms with Crippen LogP contribution in [0.1, 0.15) is 121 Å². The Labute approximate surface area is 441 Å². The summed E-state index contributed by atoms with van der Waals surface area (Å²) in [7, 11) is -7.14. The van der Waals surface area contributed by atoms with Crippen LogP contribution in [0.3, 0.4) is 0 Å². The number of aromatic nitrogens is 6. The molecule has 72 heavy (non-hydrogen) atoms. The Morgan fingerprint density at radius 3 is 1.51 bits per heavy atom. The molecule has 18 nitrogen and oxygen atoms in total. The monoisotopic (exact) mass is 1100 g/mol. The number of carbonyl (C=O) groups is 2. The molecule has 2 amide bonds. The van der Waals surface area contributed by atoms with E-state index in [-0.39, 0.29) is 58.8 Å². The van der Waals surface area contributed by atoms with E-state index in [0.29, 0.717) is 45.7 Å². The van der Waals surface area contributed by atoms with E-state index in [0.717, 1.165) is 98.3 Å². The number of benzene rings is 2. The van der Waals surface area contributed by atoms with Crippen LogP contribution in [0.5, 0.6) is 0 Å². The van der Waals surface area contributed by atoms with Crippen LogP contribution < -0.4 is 19.7 Å². The Balaban J connectivity index is 0.000000191. The molecule has 0 aliphatic carbocycles. The first-order chi connectivity index (χ1) is 33.6. The second kappa shape index (κ2) is 22.7. The smallest absolute Gasteiger partial charge is 0.256 e. The Hall–Kier alpha value is -4.96. The number of halogens is 4. The molecule has 2 unspecified atom stereocenters. The third kappa shape index (κ3) is 12.9. The maximum Gasteiger partial charge on any atom is 0.256 e. The first-order valence-corrected chi connectivity index (χ1v) is 28.6. The van der Waals surface area contributed by atoms with Crippen molar-refractivity contribution in [3.63, 3.8) is 0 Å². The first-order valence-electron chi connectivity index (χ1n) is 23.7. The molecule has 4 atom stereocenters. The van der Waals surface area contributed by atoms with Gasteiger partial charge >= 0.3 is 0 Å². The highest BCUT2D eigenvalue weighted by molar-refractivity contribution is 7.92. The summed E-state index contributed by atoms with van der Waals surface area (Å²) in [4.78, 5) is 42.3. The van der Waals surface area contributed by atoms with Crippen LogP contribution in [-0.4, -0.2) is 118 Å². The summed E-state index contributed by atoms with van der Waals surface area (Å²) in [5, 5.41) is 13.7. The summed E-state index contributed by atoms with van der Waals surface area (Å²) in [6.45, 7) is 11.6. The van der Waals surface area contributed by atoms with Gasteiger partial charge in [-0.15, -0.1) is 12.4 Å². The topological polar surface area (TPSA) is 209 Å². The predicted octanol–water partition coefficient (Wildman–Crippen LogP) is 8.90. The average Bonchev–Trinajstić information content (AvgIpc) is 3.91. The molecule has 6 aromatic rings. The number of sulfonamides is 2. The summed E-state index contributed by atoms with van der Waals surface area (Å²) in [5.41, 5.74) is 5.53. The summed E-state index contributed by atoms with van der Waals surface area (Å²) in [6.07, 6.45) is 13.5. The third-order valence-corrected chi connectivity index (χ3v) is 15.1. The van der Waals surface area contributed by atoms with Crippen molar-refractivity contribution in [1.29, 1.82) is 0 Å². The van der Waals surface area contributed by atoms with Crippen LogP contribution in [0.15, 0.2) is 60.9 Å². The molecular weight excluding hydrogens is 1050 g/mol. The minimum Gasteiger partial charge on any atom is -0.353 e. The van der Waals surface area contributed by atoms with Gasteiger partial charge < -0.3 is 20.0 Å². The Kier molecular flexibility index (Phi) is 17.2. The molecule has 0 saturated carbocycles. The fourth-order valence-corrected chi connectivity index (χ4v) is 10.8. The number of amides is 2. The van der Waals surface area contributed by atoms with Gasteiger partial charge in [0.05, 0.1) is 58.5 Å². The second-order valence-electron chi connectivity index (χ2n) is 18.8. The number of rotatable bonds is 9. The molecule has 0 radical (unpaired) electrons. The number of carbonyl (C=O) groups excluding carboxylic acids is 2. The third-order valence-electron chi connectivity index (χ3n) is 13.1. The van der Waals surface area contributed by atoms with E-state index >= 15 is 0 Å². The van der Waals surface area contributed by atoms with E-state index in [1.54, 1.807) is 37.2 Å². The SMILES string of the molecule is CC1CCN1.Cc1cn2nc([C@@H]3CCCCN3C(=O)c3cc(Cl)ccc3NS(C)(=O)=O)cc2nc1Cl.Cc1cn2nc([C@@H]3CCCCN3C(=O)c3cc(Cl)ccc3NS(C)(=O)=O)cc2nc1N1CCC1C.Cl. The molecule has 0 spiro atoms. The van der Waals surface area contributed by atoms with Crippen LogP contribution in [0.4, 0.5) is 17.2 Å². The minimum atomic E-state index is -3.57. The molecule has 2 aromatic carbocycles. The number of anilines is 3. The molecule has 4 fully saturated rings. The summed E-state index contributed by atoms with van der Waals surface area (Å²) in [6, 6.07) is 13.7.